The molecule has 0 saturated heterocycles. The van der Waals surface area contributed by atoms with Crippen LogP contribution in [0.25, 0.3) is 0 Å². The van der Waals surface area contributed by atoms with Crippen LogP contribution in [0.1, 0.15) is 25.0 Å². The molecule has 146 valence electrons. The number of aromatic hydroxyl groups is 2. The zero-order valence-corrected chi connectivity index (χ0v) is 15.9. The molecule has 0 bridgehead atoms. The first-order valence-corrected chi connectivity index (χ1v) is 9.09. The lowest BCUT2D eigenvalue weighted by atomic mass is 10.1. The normalized spacial score (nSPS) is 10.6. The van der Waals surface area contributed by atoms with E-state index < -0.39 is 0 Å². The van der Waals surface area contributed by atoms with Crippen molar-refractivity contribution in [1.29, 1.82) is 0 Å². The number of nitrogen functional groups attached to an aromatic ring is 2. The second-order valence-corrected chi connectivity index (χ2v) is 6.43. The molecule has 0 radical (unpaired) electrons. The van der Waals surface area contributed by atoms with Crippen LogP contribution in [0.4, 0.5) is 11.4 Å². The van der Waals surface area contributed by atoms with Gasteiger partial charge in [0.1, 0.15) is 34.5 Å². The van der Waals surface area contributed by atoms with E-state index in [2.05, 4.69) is 0 Å². The van der Waals surface area contributed by atoms with Crippen molar-refractivity contribution in [1.82, 2.24) is 0 Å². The highest BCUT2D eigenvalue weighted by molar-refractivity contribution is 5.61. The number of hydrogen-bond acceptors (Lipinski definition) is 6. The Morgan fingerprint density at radius 3 is 1.50 bits per heavy atom. The molecule has 0 atom stereocenters. The summed E-state index contributed by atoms with van der Waals surface area (Å²) in [6.07, 6.45) is 1.27. The Balaban J connectivity index is 1.84. The third kappa shape index (κ3) is 4.06. The fourth-order valence-corrected chi connectivity index (χ4v) is 2.91. The molecule has 6 nitrogen and oxygen atoms in total. The van der Waals surface area contributed by atoms with Crippen molar-refractivity contribution in [3.05, 3.63) is 59.7 Å². The lowest BCUT2D eigenvalue weighted by Gasteiger charge is -2.13. The van der Waals surface area contributed by atoms with Gasteiger partial charge in [-0.05, 0) is 48.2 Å². The highest BCUT2D eigenvalue weighted by atomic mass is 16.5. The van der Waals surface area contributed by atoms with Gasteiger partial charge in [0.05, 0.1) is 11.4 Å². The van der Waals surface area contributed by atoms with E-state index in [9.17, 15) is 10.2 Å². The molecule has 0 aliphatic heterocycles. The number of hydrogen-bond donors (Lipinski definition) is 4. The Bertz CT molecular complexity index is 925. The Labute approximate surface area is 164 Å². The highest BCUT2D eigenvalue weighted by Gasteiger charge is 2.10. The van der Waals surface area contributed by atoms with Gasteiger partial charge < -0.3 is 31.2 Å². The minimum atomic E-state index is 0.0866. The summed E-state index contributed by atoms with van der Waals surface area (Å²) in [5, 5.41) is 19.9. The number of anilines is 2. The summed E-state index contributed by atoms with van der Waals surface area (Å²) in [7, 11) is 0. The summed E-state index contributed by atoms with van der Waals surface area (Å²) >= 11 is 0. The van der Waals surface area contributed by atoms with Gasteiger partial charge in [-0.1, -0.05) is 19.9 Å². The monoisotopic (exact) mass is 380 g/mol. The largest absolute Gasteiger partial charge is 0.505 e. The van der Waals surface area contributed by atoms with Gasteiger partial charge in [-0.2, -0.15) is 0 Å². The third-order valence-corrected chi connectivity index (χ3v) is 4.42. The molecule has 6 heteroatoms. The van der Waals surface area contributed by atoms with E-state index in [1.165, 1.54) is 0 Å². The maximum Gasteiger partial charge on any atom is 0.141 e. The van der Waals surface area contributed by atoms with Gasteiger partial charge in [-0.25, -0.2) is 0 Å². The minimum Gasteiger partial charge on any atom is -0.505 e. The zero-order chi connectivity index (χ0) is 20.3. The lowest BCUT2D eigenvalue weighted by Crippen LogP contribution is -1.94. The molecule has 3 aromatic carbocycles. The molecule has 28 heavy (non-hydrogen) atoms. The van der Waals surface area contributed by atoms with Gasteiger partial charge in [0.2, 0.25) is 0 Å². The fraction of sp³-hybridized carbons (Fsp3) is 0.182. The maximum atomic E-state index is 9.95. The van der Waals surface area contributed by atoms with Crippen molar-refractivity contribution >= 4 is 11.4 Å². The van der Waals surface area contributed by atoms with E-state index in [0.29, 0.717) is 47.0 Å². The number of phenols is 2. The fourth-order valence-electron chi connectivity index (χ4n) is 2.91. The average Bonchev–Trinajstić information content (AvgIpc) is 2.67. The molecule has 0 heterocycles. The molecule has 6 N–H and O–H groups in total. The summed E-state index contributed by atoms with van der Waals surface area (Å²) in [6, 6.07) is 13.8. The molecular formula is C22H24N2O4. The van der Waals surface area contributed by atoms with E-state index in [-0.39, 0.29) is 22.9 Å². The second kappa shape index (κ2) is 8.00. The Hall–Kier alpha value is -3.54. The van der Waals surface area contributed by atoms with Crippen molar-refractivity contribution < 1.29 is 19.7 Å². The quantitative estimate of drug-likeness (QED) is 0.355. The third-order valence-electron chi connectivity index (χ3n) is 4.42. The molecule has 0 amide bonds. The predicted octanol–water partition coefficient (Wildman–Crippen LogP) is 4.97. The number of ether oxygens (including phenoxy) is 2. The number of benzene rings is 3. The van der Waals surface area contributed by atoms with Crippen LogP contribution in [0, 0.1) is 0 Å². The molecule has 3 rings (SSSR count). The van der Waals surface area contributed by atoms with E-state index in [1.807, 2.05) is 13.8 Å². The Morgan fingerprint density at radius 2 is 1.11 bits per heavy atom. The highest BCUT2D eigenvalue weighted by Crippen LogP contribution is 2.36. The first kappa shape index (κ1) is 19.2. The van der Waals surface area contributed by atoms with Crippen LogP contribution in [0.5, 0.6) is 34.5 Å². The first-order chi connectivity index (χ1) is 13.4. The van der Waals surface area contributed by atoms with Gasteiger partial charge >= 0.3 is 0 Å². The van der Waals surface area contributed by atoms with Crippen LogP contribution in [0.15, 0.2) is 48.5 Å². The van der Waals surface area contributed by atoms with Gasteiger partial charge in [0.25, 0.3) is 0 Å². The molecule has 0 aliphatic carbocycles. The number of rotatable bonds is 6. The predicted molar refractivity (Wildman–Crippen MR) is 110 cm³/mol. The summed E-state index contributed by atoms with van der Waals surface area (Å²) in [5.41, 5.74) is 13.7. The number of aryl methyl sites for hydroxylation is 2. The molecule has 3 aromatic rings. The van der Waals surface area contributed by atoms with E-state index in [0.717, 1.165) is 0 Å². The summed E-state index contributed by atoms with van der Waals surface area (Å²) in [4.78, 5) is 0. The maximum absolute atomic E-state index is 9.95. The lowest BCUT2D eigenvalue weighted by molar-refractivity contribution is 0.450. The van der Waals surface area contributed by atoms with Crippen LogP contribution < -0.4 is 20.9 Å². The van der Waals surface area contributed by atoms with Crippen molar-refractivity contribution in [2.45, 2.75) is 26.7 Å². The molecule has 0 fully saturated rings. The SMILES string of the molecule is CCc1cc(Oc2cccc(Oc3cc(N)c(O)c(CC)c3)c2)cc(N)c1O. The Kier molecular flexibility index (Phi) is 5.49. The molecule has 0 unspecified atom stereocenters. The topological polar surface area (TPSA) is 111 Å². The van der Waals surface area contributed by atoms with Crippen LogP contribution in [0.2, 0.25) is 0 Å². The second-order valence-electron chi connectivity index (χ2n) is 6.43. The van der Waals surface area contributed by atoms with Gasteiger partial charge in [0, 0.05) is 18.2 Å². The minimum absolute atomic E-state index is 0.0866. The molecular weight excluding hydrogens is 356 g/mol. The standard InChI is InChI=1S/C22H24N2O4/c1-3-13-8-17(11-19(23)21(13)25)27-15-6-5-7-16(10-15)28-18-9-14(4-2)22(26)20(24)12-18/h5-12,25-26H,3-4,23-24H2,1-2H3. The first-order valence-electron chi connectivity index (χ1n) is 9.09. The van der Waals surface area contributed by atoms with Crippen molar-refractivity contribution in [3.63, 3.8) is 0 Å². The van der Waals surface area contributed by atoms with Gasteiger partial charge in [0.15, 0.2) is 0 Å². The van der Waals surface area contributed by atoms with Crippen LogP contribution in [-0.4, -0.2) is 10.2 Å². The molecule has 0 aliphatic rings. The van der Waals surface area contributed by atoms with Crippen molar-refractivity contribution in [2.75, 3.05) is 11.5 Å². The van der Waals surface area contributed by atoms with Crippen LogP contribution in [-0.2, 0) is 12.8 Å². The smallest absolute Gasteiger partial charge is 0.141 e. The Morgan fingerprint density at radius 1 is 0.679 bits per heavy atom. The summed E-state index contributed by atoms with van der Waals surface area (Å²) in [6.45, 7) is 3.86. The molecule has 0 saturated carbocycles. The molecule has 0 spiro atoms. The van der Waals surface area contributed by atoms with Crippen molar-refractivity contribution in [2.24, 2.45) is 0 Å². The van der Waals surface area contributed by atoms with E-state index in [4.69, 9.17) is 20.9 Å². The summed E-state index contributed by atoms with van der Waals surface area (Å²) in [5.74, 6) is 2.37. The van der Waals surface area contributed by atoms with Crippen LogP contribution >= 0.6 is 0 Å². The van der Waals surface area contributed by atoms with Gasteiger partial charge in [-0.15, -0.1) is 0 Å². The average molecular weight is 380 g/mol. The van der Waals surface area contributed by atoms with E-state index >= 15 is 0 Å². The van der Waals surface area contributed by atoms with Crippen molar-refractivity contribution in [3.8, 4) is 34.5 Å². The molecule has 0 aromatic heterocycles. The van der Waals surface area contributed by atoms with E-state index in [1.54, 1.807) is 48.5 Å². The van der Waals surface area contributed by atoms with Crippen LogP contribution in [0.3, 0.4) is 0 Å². The number of nitrogens with two attached hydrogens (primary N) is 2. The summed E-state index contributed by atoms with van der Waals surface area (Å²) < 4.78 is 11.8. The zero-order valence-electron chi connectivity index (χ0n) is 15.9. The number of phenolic OH excluding ortho intramolecular Hbond substituents is 2. The van der Waals surface area contributed by atoms with Gasteiger partial charge in [-0.3, -0.25) is 0 Å².